The summed E-state index contributed by atoms with van der Waals surface area (Å²) in [5.41, 5.74) is 0.970. The zero-order valence-corrected chi connectivity index (χ0v) is 15.5. The second kappa shape index (κ2) is 8.89. The van der Waals surface area contributed by atoms with Gasteiger partial charge in [-0.3, -0.25) is 14.9 Å². The Bertz CT molecular complexity index is 920. The van der Waals surface area contributed by atoms with Crippen molar-refractivity contribution in [3.63, 3.8) is 0 Å². The first-order valence-electron chi connectivity index (χ1n) is 8.96. The molecule has 2 amide bonds. The number of halogens is 3. The molecule has 2 aromatic rings. The largest absolute Gasteiger partial charge is 0.485 e. The van der Waals surface area contributed by atoms with E-state index >= 15 is 0 Å². The summed E-state index contributed by atoms with van der Waals surface area (Å²) < 4.78 is 42.9. The van der Waals surface area contributed by atoms with Gasteiger partial charge in [-0.25, -0.2) is 23.1 Å². The van der Waals surface area contributed by atoms with E-state index in [-0.39, 0.29) is 35.8 Å². The third kappa shape index (κ3) is 5.90. The maximum Gasteiger partial charge on any atom is 0.272 e. The second-order valence-electron chi connectivity index (χ2n) is 6.63. The molecule has 0 bridgehead atoms. The van der Waals surface area contributed by atoms with E-state index in [1.807, 2.05) is 0 Å². The number of aryl methyl sites for hydroxylation is 1. The highest BCUT2D eigenvalue weighted by molar-refractivity contribution is 5.95. The van der Waals surface area contributed by atoms with Gasteiger partial charge in [-0.15, -0.1) is 0 Å². The predicted octanol–water partition coefficient (Wildman–Crippen LogP) is 2.85. The molecule has 0 atom stereocenters. The molecule has 0 unspecified atom stereocenters. The van der Waals surface area contributed by atoms with Crippen LogP contribution >= 0.6 is 0 Å². The Labute approximate surface area is 164 Å². The zero-order valence-electron chi connectivity index (χ0n) is 15.5. The lowest BCUT2D eigenvalue weighted by Gasteiger charge is -2.10. The molecule has 3 rings (SSSR count). The van der Waals surface area contributed by atoms with Crippen molar-refractivity contribution >= 4 is 17.8 Å². The maximum absolute atomic E-state index is 13.9. The predicted molar refractivity (Wildman–Crippen MR) is 97.2 cm³/mol. The average molecular weight is 408 g/mol. The number of carbonyl (C=O) groups excluding carboxylic acids is 2. The first-order chi connectivity index (χ1) is 13.8. The molecule has 1 aromatic carbocycles. The van der Waals surface area contributed by atoms with E-state index in [1.54, 1.807) is 6.92 Å². The maximum atomic E-state index is 13.9. The lowest BCUT2D eigenvalue weighted by Crippen LogP contribution is -2.25. The Morgan fingerprint density at radius 2 is 2.00 bits per heavy atom. The smallest absolute Gasteiger partial charge is 0.272 e. The van der Waals surface area contributed by atoms with Gasteiger partial charge in [0.15, 0.2) is 11.6 Å². The summed E-state index contributed by atoms with van der Waals surface area (Å²) in [4.78, 5) is 32.4. The number of aromatic nitrogens is 2. The fourth-order valence-corrected chi connectivity index (χ4v) is 2.50. The van der Waals surface area contributed by atoms with Gasteiger partial charge < -0.3 is 10.1 Å². The standard InChI is InChI=1S/C19H19F3N4O3/c1-10-6-14(25-19(24-10)26-17(27)12-3-4-12)18(28)23-8-11-2-5-15(13(20)7-11)29-9-16(21)22/h2,5-7,12,16H,3-4,8-9H2,1H3,(H,23,28)(H,24,25,26,27). The van der Waals surface area contributed by atoms with E-state index in [4.69, 9.17) is 0 Å². The highest BCUT2D eigenvalue weighted by Gasteiger charge is 2.30. The molecule has 154 valence electrons. The van der Waals surface area contributed by atoms with Crippen LogP contribution in [0.3, 0.4) is 0 Å². The SMILES string of the molecule is Cc1cc(C(=O)NCc2ccc(OCC(F)F)c(F)c2)nc(NC(=O)C2CC2)n1. The van der Waals surface area contributed by atoms with Crippen LogP contribution in [0.5, 0.6) is 5.75 Å². The van der Waals surface area contributed by atoms with Gasteiger partial charge >= 0.3 is 0 Å². The van der Waals surface area contributed by atoms with E-state index in [9.17, 15) is 22.8 Å². The fourth-order valence-electron chi connectivity index (χ4n) is 2.50. The lowest BCUT2D eigenvalue weighted by molar-refractivity contribution is -0.117. The number of carbonyl (C=O) groups is 2. The third-order valence-corrected chi connectivity index (χ3v) is 4.08. The summed E-state index contributed by atoms with van der Waals surface area (Å²) in [5.74, 6) is -1.77. The van der Waals surface area contributed by atoms with Gasteiger partial charge in [0.05, 0.1) is 0 Å². The van der Waals surface area contributed by atoms with E-state index in [0.717, 1.165) is 18.9 Å². The monoisotopic (exact) mass is 408 g/mol. The van der Waals surface area contributed by atoms with Crippen LogP contribution in [0.15, 0.2) is 24.3 Å². The van der Waals surface area contributed by atoms with E-state index in [1.165, 1.54) is 18.2 Å². The third-order valence-electron chi connectivity index (χ3n) is 4.08. The number of ether oxygens (including phenoxy) is 1. The van der Waals surface area contributed by atoms with Crippen LogP contribution in [0.2, 0.25) is 0 Å². The number of anilines is 1. The molecular weight excluding hydrogens is 389 g/mol. The Hall–Kier alpha value is -3.17. The molecule has 10 heteroatoms. The van der Waals surface area contributed by atoms with Crippen LogP contribution in [0.1, 0.15) is 34.6 Å². The number of benzene rings is 1. The van der Waals surface area contributed by atoms with Gasteiger partial charge in [-0.1, -0.05) is 6.07 Å². The van der Waals surface area contributed by atoms with Crippen molar-refractivity contribution in [2.75, 3.05) is 11.9 Å². The molecule has 0 saturated heterocycles. The number of hydrogen-bond donors (Lipinski definition) is 2. The van der Waals surface area contributed by atoms with Crippen molar-refractivity contribution in [1.82, 2.24) is 15.3 Å². The molecule has 7 nitrogen and oxygen atoms in total. The van der Waals surface area contributed by atoms with Crippen molar-refractivity contribution in [3.05, 3.63) is 47.0 Å². The normalized spacial score (nSPS) is 13.3. The molecule has 1 fully saturated rings. The van der Waals surface area contributed by atoms with Gasteiger partial charge in [0, 0.05) is 18.2 Å². The van der Waals surface area contributed by atoms with Crippen LogP contribution in [0, 0.1) is 18.7 Å². The molecule has 1 aromatic heterocycles. The van der Waals surface area contributed by atoms with Crippen LogP contribution < -0.4 is 15.4 Å². The van der Waals surface area contributed by atoms with Gasteiger partial charge in [0.2, 0.25) is 11.9 Å². The minimum atomic E-state index is -2.70. The molecule has 1 heterocycles. The molecule has 1 aliphatic rings. The fraction of sp³-hybridized carbons (Fsp3) is 0.368. The first-order valence-corrected chi connectivity index (χ1v) is 8.96. The van der Waals surface area contributed by atoms with Crippen molar-refractivity contribution in [3.8, 4) is 5.75 Å². The first kappa shape index (κ1) is 20.6. The number of hydrogen-bond acceptors (Lipinski definition) is 5. The number of alkyl halides is 2. The van der Waals surface area contributed by atoms with Crippen LogP contribution in [0.25, 0.3) is 0 Å². The Morgan fingerprint density at radius 1 is 1.24 bits per heavy atom. The lowest BCUT2D eigenvalue weighted by atomic mass is 10.2. The van der Waals surface area contributed by atoms with E-state index < -0.39 is 24.8 Å². The van der Waals surface area contributed by atoms with Crippen LogP contribution in [0.4, 0.5) is 19.1 Å². The molecule has 1 saturated carbocycles. The summed E-state index contributed by atoms with van der Waals surface area (Å²) in [6, 6.07) is 5.23. The average Bonchev–Trinajstić information content (AvgIpc) is 3.50. The molecule has 0 radical (unpaired) electrons. The quantitative estimate of drug-likeness (QED) is 0.701. The topological polar surface area (TPSA) is 93.2 Å². The molecule has 2 N–H and O–H groups in total. The summed E-state index contributed by atoms with van der Waals surface area (Å²) in [6.45, 7) is 0.746. The van der Waals surface area contributed by atoms with Gasteiger partial charge in [-0.2, -0.15) is 0 Å². The summed E-state index contributed by atoms with van der Waals surface area (Å²) >= 11 is 0. The number of rotatable bonds is 8. The number of nitrogens with zero attached hydrogens (tertiary/aromatic N) is 2. The molecule has 0 spiro atoms. The highest BCUT2D eigenvalue weighted by Crippen LogP contribution is 2.29. The minimum absolute atomic E-state index is 0.0162. The van der Waals surface area contributed by atoms with Crippen LogP contribution in [-0.2, 0) is 11.3 Å². The van der Waals surface area contributed by atoms with E-state index in [0.29, 0.717) is 11.3 Å². The Balaban J connectivity index is 1.60. The summed E-state index contributed by atoms with van der Waals surface area (Å²) in [5, 5.41) is 5.17. The van der Waals surface area contributed by atoms with E-state index in [2.05, 4.69) is 25.3 Å². The summed E-state index contributed by atoms with van der Waals surface area (Å²) in [6.07, 6.45) is -1.05. The molecule has 1 aliphatic carbocycles. The number of nitrogens with one attached hydrogen (secondary N) is 2. The molecule has 0 aliphatic heterocycles. The highest BCUT2D eigenvalue weighted by atomic mass is 19.3. The van der Waals surface area contributed by atoms with Gasteiger partial charge in [0.1, 0.15) is 12.3 Å². The second-order valence-corrected chi connectivity index (χ2v) is 6.63. The molecule has 29 heavy (non-hydrogen) atoms. The van der Waals surface area contributed by atoms with Crippen LogP contribution in [-0.4, -0.2) is 34.8 Å². The Kier molecular flexibility index (Phi) is 6.30. The summed E-state index contributed by atoms with van der Waals surface area (Å²) in [7, 11) is 0. The Morgan fingerprint density at radius 3 is 2.66 bits per heavy atom. The van der Waals surface area contributed by atoms with Crippen molar-refractivity contribution < 1.29 is 27.5 Å². The van der Waals surface area contributed by atoms with Crippen molar-refractivity contribution in [2.45, 2.75) is 32.7 Å². The minimum Gasteiger partial charge on any atom is -0.485 e. The van der Waals surface area contributed by atoms with Gasteiger partial charge in [0.25, 0.3) is 12.3 Å². The van der Waals surface area contributed by atoms with Crippen molar-refractivity contribution in [2.24, 2.45) is 5.92 Å². The molecular formula is C19H19F3N4O3. The zero-order chi connectivity index (χ0) is 21.0. The number of amides is 2. The van der Waals surface area contributed by atoms with Crippen molar-refractivity contribution in [1.29, 1.82) is 0 Å². The van der Waals surface area contributed by atoms with Gasteiger partial charge in [-0.05, 0) is 43.5 Å².